The van der Waals surface area contributed by atoms with Gasteiger partial charge in [0.05, 0.1) is 33.0 Å². The summed E-state index contributed by atoms with van der Waals surface area (Å²) in [4.78, 5) is 12.6. The van der Waals surface area contributed by atoms with E-state index in [1.54, 1.807) is 0 Å². The molecule has 0 aromatic rings. The number of nitrogens with zero attached hydrogens (tertiary/aromatic N) is 5. The smallest absolute Gasteiger partial charge is 0.0701 e. The molecule has 5 fully saturated rings. The van der Waals surface area contributed by atoms with Crippen LogP contribution in [0.15, 0.2) is 0 Å². The SMILES string of the molecule is CC.CC.CC.CC.CC.CC(C)N1CCCCCCC1.CC(C)N1CCCCCCCC1.CC(C)N1CCCCOCC1.CC(C)N1CCCOCCC1.CC(C)N1CCOCCOCC1. The van der Waals surface area contributed by atoms with Crippen LogP contribution in [0.1, 0.15) is 235 Å². The van der Waals surface area contributed by atoms with Crippen molar-refractivity contribution in [1.82, 2.24) is 24.5 Å². The Hall–Kier alpha value is -0.360. The number of hydrogen-bond donors (Lipinski definition) is 0. The van der Waals surface area contributed by atoms with Crippen LogP contribution in [0.5, 0.6) is 0 Å². The Bertz CT molecular complexity index is 716. The fourth-order valence-corrected chi connectivity index (χ4v) is 7.97. The van der Waals surface area contributed by atoms with E-state index in [-0.39, 0.29) is 0 Å². The van der Waals surface area contributed by atoms with Crippen LogP contribution in [0.3, 0.4) is 0 Å². The van der Waals surface area contributed by atoms with Gasteiger partial charge in [0.2, 0.25) is 0 Å². The third-order valence-corrected chi connectivity index (χ3v) is 12.1. The van der Waals surface area contributed by atoms with Crippen LogP contribution in [-0.2, 0) is 18.9 Å². The Morgan fingerprint density at radius 3 is 0.657 bits per heavy atom. The molecule has 412 valence electrons. The molecule has 5 aliphatic heterocycles. The second kappa shape index (κ2) is 61.8. The van der Waals surface area contributed by atoms with Crippen LogP contribution in [0, 0.1) is 0 Å². The van der Waals surface area contributed by atoms with Crippen molar-refractivity contribution in [2.24, 2.45) is 0 Å². The van der Waals surface area contributed by atoms with Crippen molar-refractivity contribution in [3.63, 3.8) is 0 Å². The fraction of sp³-hybridized carbons (Fsp3) is 1.00. The molecule has 0 saturated carbocycles. The van der Waals surface area contributed by atoms with Crippen molar-refractivity contribution in [1.29, 1.82) is 0 Å². The molecule has 0 radical (unpaired) electrons. The lowest BCUT2D eigenvalue weighted by Crippen LogP contribution is -2.36. The predicted octanol–water partition coefficient (Wildman–Crippen LogP) is 14.6. The highest BCUT2D eigenvalue weighted by molar-refractivity contribution is 4.68. The Morgan fingerprint density at radius 2 is 0.373 bits per heavy atom. The maximum Gasteiger partial charge on any atom is 0.0701 e. The van der Waals surface area contributed by atoms with E-state index < -0.39 is 0 Å². The highest BCUT2D eigenvalue weighted by Crippen LogP contribution is 2.14. The summed E-state index contributed by atoms with van der Waals surface area (Å²) in [7, 11) is 0. The van der Waals surface area contributed by atoms with E-state index in [1.807, 2.05) is 69.2 Å². The lowest BCUT2D eigenvalue weighted by molar-refractivity contribution is 0.0629. The second-order valence-corrected chi connectivity index (χ2v) is 18.4. The summed E-state index contributed by atoms with van der Waals surface area (Å²) in [6.45, 7) is 61.8. The Balaban J connectivity index is -0.000000228. The number of likely N-dealkylation sites (tertiary alicyclic amines) is 1. The molecule has 0 unspecified atom stereocenters. The van der Waals surface area contributed by atoms with Gasteiger partial charge < -0.3 is 33.6 Å². The largest absolute Gasteiger partial charge is 0.381 e. The van der Waals surface area contributed by atoms with Crippen molar-refractivity contribution in [3.05, 3.63) is 0 Å². The van der Waals surface area contributed by atoms with Crippen LogP contribution < -0.4 is 0 Å². The molecular weight excluding hydrogens is 831 g/mol. The van der Waals surface area contributed by atoms with Gasteiger partial charge in [-0.05, 0) is 153 Å². The zero-order valence-electron chi connectivity index (χ0n) is 50.1. The minimum absolute atomic E-state index is 0.593. The summed E-state index contributed by atoms with van der Waals surface area (Å²) < 4.78 is 21.5. The average molecular weight is 963 g/mol. The van der Waals surface area contributed by atoms with E-state index in [0.29, 0.717) is 18.1 Å². The van der Waals surface area contributed by atoms with Gasteiger partial charge in [0.1, 0.15) is 0 Å². The highest BCUT2D eigenvalue weighted by atomic mass is 16.5. The lowest BCUT2D eigenvalue weighted by atomic mass is 10.1. The number of ether oxygens (including phenoxy) is 4. The van der Waals surface area contributed by atoms with E-state index >= 15 is 0 Å². The summed E-state index contributed by atoms with van der Waals surface area (Å²) in [6.07, 6.45) is 20.7. The van der Waals surface area contributed by atoms with Gasteiger partial charge in [0, 0.05) is 82.8 Å². The Labute approximate surface area is 425 Å². The molecule has 5 rings (SSSR count). The van der Waals surface area contributed by atoms with Crippen LogP contribution in [0.2, 0.25) is 0 Å². The van der Waals surface area contributed by atoms with E-state index in [9.17, 15) is 0 Å². The summed E-state index contributed by atoms with van der Waals surface area (Å²) in [6, 6.07) is 3.48. The normalized spacial score (nSPS) is 20.2. The third-order valence-electron chi connectivity index (χ3n) is 12.1. The van der Waals surface area contributed by atoms with E-state index in [0.717, 1.165) is 84.6 Å². The van der Waals surface area contributed by atoms with Gasteiger partial charge in [-0.3, -0.25) is 9.80 Å². The number of rotatable bonds is 5. The first kappa shape index (κ1) is 75.6. The van der Waals surface area contributed by atoms with E-state index in [2.05, 4.69) is 93.7 Å². The van der Waals surface area contributed by atoms with Crippen molar-refractivity contribution >= 4 is 0 Å². The molecule has 0 bridgehead atoms. The highest BCUT2D eigenvalue weighted by Gasteiger charge is 2.14. The number of hydrogen-bond acceptors (Lipinski definition) is 9. The zero-order valence-corrected chi connectivity index (χ0v) is 50.1. The van der Waals surface area contributed by atoms with Gasteiger partial charge in [-0.25, -0.2) is 0 Å². The summed E-state index contributed by atoms with van der Waals surface area (Å²) >= 11 is 0. The zero-order chi connectivity index (χ0) is 51.9. The first-order valence-corrected chi connectivity index (χ1v) is 29.5. The van der Waals surface area contributed by atoms with E-state index in [1.165, 1.54) is 142 Å². The minimum atomic E-state index is 0.593. The molecule has 0 amide bonds. The summed E-state index contributed by atoms with van der Waals surface area (Å²) in [5.41, 5.74) is 0. The molecule has 9 nitrogen and oxygen atoms in total. The van der Waals surface area contributed by atoms with Crippen LogP contribution >= 0.6 is 0 Å². The molecule has 0 atom stereocenters. The molecule has 5 heterocycles. The van der Waals surface area contributed by atoms with Crippen LogP contribution in [-0.4, -0.2) is 173 Å². The van der Waals surface area contributed by atoms with Crippen molar-refractivity contribution in [2.45, 2.75) is 265 Å². The van der Waals surface area contributed by atoms with Gasteiger partial charge in [0.15, 0.2) is 0 Å². The first-order valence-electron chi connectivity index (χ1n) is 29.5. The molecule has 67 heavy (non-hydrogen) atoms. The third kappa shape index (κ3) is 51.8. The molecule has 9 heteroatoms. The molecule has 0 aromatic heterocycles. The average Bonchev–Trinajstić information content (AvgIpc) is 3.55. The van der Waals surface area contributed by atoms with Crippen LogP contribution in [0.25, 0.3) is 0 Å². The summed E-state index contributed by atoms with van der Waals surface area (Å²) in [5.74, 6) is 0. The summed E-state index contributed by atoms with van der Waals surface area (Å²) in [5, 5.41) is 0. The molecule has 0 aliphatic carbocycles. The Kier molecular flexibility index (Phi) is 69.7. The quantitative estimate of drug-likeness (QED) is 0.268. The van der Waals surface area contributed by atoms with Gasteiger partial charge >= 0.3 is 0 Å². The maximum atomic E-state index is 5.41. The molecule has 5 saturated heterocycles. The van der Waals surface area contributed by atoms with E-state index in [4.69, 9.17) is 18.9 Å². The molecular formula is C58H131N5O4. The molecule has 0 spiro atoms. The fourth-order valence-electron chi connectivity index (χ4n) is 7.97. The van der Waals surface area contributed by atoms with Gasteiger partial charge in [-0.1, -0.05) is 114 Å². The van der Waals surface area contributed by atoms with Gasteiger partial charge in [-0.15, -0.1) is 0 Å². The minimum Gasteiger partial charge on any atom is -0.381 e. The standard InChI is InChI=1S/C11H23N.C10H21N.C9H19NO2.2C9H19NO.5C2H6/c1-11(2)12-9-7-5-3-4-6-8-10-12;1-10(2)11-8-6-4-3-5-7-9-11;1-9(2)10-3-5-11-7-8-12-6-4-10;1-9(2)10-5-3-7-11-8-4-6-10;1-9(2)10-5-3-4-7-11-8-6-10;5*1-2/h11H,3-10H2,1-2H3;10H,3-9H2,1-2H3;9H,3-8H2,1-2H3;2*9H,3-8H2,1-2H3;5*1-2H3. The second-order valence-electron chi connectivity index (χ2n) is 18.4. The topological polar surface area (TPSA) is 53.1 Å². The monoisotopic (exact) mass is 962 g/mol. The first-order chi connectivity index (χ1) is 32.5. The predicted molar refractivity (Wildman–Crippen MR) is 303 cm³/mol. The maximum absolute atomic E-state index is 5.41. The van der Waals surface area contributed by atoms with Crippen molar-refractivity contribution in [3.8, 4) is 0 Å². The molecule has 5 aliphatic rings. The van der Waals surface area contributed by atoms with Gasteiger partial charge in [-0.2, -0.15) is 0 Å². The lowest BCUT2D eigenvalue weighted by Gasteiger charge is -2.28. The molecule has 0 N–H and O–H groups in total. The van der Waals surface area contributed by atoms with Crippen LogP contribution in [0.4, 0.5) is 0 Å². The van der Waals surface area contributed by atoms with Gasteiger partial charge in [0.25, 0.3) is 0 Å². The molecule has 0 aromatic carbocycles. The Morgan fingerprint density at radius 1 is 0.194 bits per heavy atom. The van der Waals surface area contributed by atoms with Crippen molar-refractivity contribution in [2.75, 3.05) is 118 Å². The van der Waals surface area contributed by atoms with Crippen molar-refractivity contribution < 1.29 is 18.9 Å².